The minimum absolute atomic E-state index is 0.144. The predicted molar refractivity (Wildman–Crippen MR) is 53.5 cm³/mol. The fraction of sp³-hybridized carbons (Fsp3) is 0.250. The van der Waals surface area contributed by atoms with Crippen LogP contribution in [0.1, 0.15) is 23.6 Å². The summed E-state index contributed by atoms with van der Waals surface area (Å²) in [5, 5.41) is 0. The average molecular weight is 172 g/mol. The molecule has 1 aromatic carbocycles. The van der Waals surface area contributed by atoms with Crippen LogP contribution in [-0.4, -0.2) is 5.78 Å². The summed E-state index contributed by atoms with van der Waals surface area (Å²) < 4.78 is 0. The molecule has 0 unspecified atom stereocenters. The number of hydrogen-bond donors (Lipinski definition) is 0. The SMILES string of the molecule is C#Cc1cccc(C)c1CC(C)=O. The zero-order valence-electron chi connectivity index (χ0n) is 7.92. The minimum Gasteiger partial charge on any atom is -0.300 e. The van der Waals surface area contributed by atoms with Gasteiger partial charge in [-0.25, -0.2) is 0 Å². The third-order valence-electron chi connectivity index (χ3n) is 1.99. The molecule has 1 aromatic rings. The van der Waals surface area contributed by atoms with Crippen molar-refractivity contribution in [3.8, 4) is 12.3 Å². The molecular formula is C12H12O. The summed E-state index contributed by atoms with van der Waals surface area (Å²) in [4.78, 5) is 11.0. The van der Waals surface area contributed by atoms with Crippen molar-refractivity contribution in [2.75, 3.05) is 0 Å². The van der Waals surface area contributed by atoms with Crippen molar-refractivity contribution < 1.29 is 4.79 Å². The van der Waals surface area contributed by atoms with Crippen LogP contribution >= 0.6 is 0 Å². The van der Waals surface area contributed by atoms with Gasteiger partial charge in [-0.1, -0.05) is 18.1 Å². The fourth-order valence-electron chi connectivity index (χ4n) is 1.32. The van der Waals surface area contributed by atoms with Crippen LogP contribution < -0.4 is 0 Å². The van der Waals surface area contributed by atoms with Gasteiger partial charge in [0.2, 0.25) is 0 Å². The van der Waals surface area contributed by atoms with Gasteiger partial charge in [0, 0.05) is 12.0 Å². The normalized spacial score (nSPS) is 9.31. The Balaban J connectivity index is 3.17. The quantitative estimate of drug-likeness (QED) is 0.624. The van der Waals surface area contributed by atoms with Gasteiger partial charge in [0.1, 0.15) is 5.78 Å². The van der Waals surface area contributed by atoms with Gasteiger partial charge in [0.15, 0.2) is 0 Å². The number of carbonyl (C=O) groups is 1. The van der Waals surface area contributed by atoms with Crippen molar-refractivity contribution in [2.45, 2.75) is 20.3 Å². The second-order valence-electron chi connectivity index (χ2n) is 3.12. The Hall–Kier alpha value is -1.55. The molecule has 13 heavy (non-hydrogen) atoms. The van der Waals surface area contributed by atoms with Gasteiger partial charge >= 0.3 is 0 Å². The summed E-state index contributed by atoms with van der Waals surface area (Å²) in [6.45, 7) is 3.55. The van der Waals surface area contributed by atoms with E-state index < -0.39 is 0 Å². The summed E-state index contributed by atoms with van der Waals surface area (Å²) in [7, 11) is 0. The molecule has 0 atom stereocenters. The molecule has 66 valence electrons. The molecular weight excluding hydrogens is 160 g/mol. The maximum atomic E-state index is 11.0. The first-order valence-electron chi connectivity index (χ1n) is 4.19. The lowest BCUT2D eigenvalue weighted by atomic mass is 9.98. The van der Waals surface area contributed by atoms with Gasteiger partial charge in [0.05, 0.1) is 0 Å². The van der Waals surface area contributed by atoms with E-state index in [0.717, 1.165) is 16.7 Å². The molecule has 0 aliphatic carbocycles. The molecule has 0 radical (unpaired) electrons. The van der Waals surface area contributed by atoms with E-state index in [1.165, 1.54) is 0 Å². The largest absolute Gasteiger partial charge is 0.300 e. The molecule has 0 aliphatic rings. The lowest BCUT2D eigenvalue weighted by Crippen LogP contribution is -2.01. The van der Waals surface area contributed by atoms with E-state index in [1.807, 2.05) is 25.1 Å². The van der Waals surface area contributed by atoms with Crippen LogP contribution in [0, 0.1) is 19.3 Å². The third kappa shape index (κ3) is 2.19. The maximum Gasteiger partial charge on any atom is 0.134 e. The highest BCUT2D eigenvalue weighted by atomic mass is 16.1. The van der Waals surface area contributed by atoms with Gasteiger partial charge in [-0.3, -0.25) is 4.79 Å². The molecule has 1 nitrogen and oxygen atoms in total. The van der Waals surface area contributed by atoms with Crippen LogP contribution in [0.15, 0.2) is 18.2 Å². The lowest BCUT2D eigenvalue weighted by molar-refractivity contribution is -0.116. The van der Waals surface area contributed by atoms with Crippen molar-refractivity contribution in [1.82, 2.24) is 0 Å². The van der Waals surface area contributed by atoms with E-state index in [4.69, 9.17) is 6.42 Å². The molecule has 0 amide bonds. The number of benzene rings is 1. The first kappa shape index (κ1) is 9.54. The number of rotatable bonds is 2. The van der Waals surface area contributed by atoms with E-state index in [9.17, 15) is 4.79 Å². The van der Waals surface area contributed by atoms with Crippen LogP contribution in [0.3, 0.4) is 0 Å². The predicted octanol–water partition coefficient (Wildman–Crippen LogP) is 2.11. The Morgan fingerprint density at radius 1 is 1.54 bits per heavy atom. The molecule has 0 fully saturated rings. The van der Waals surface area contributed by atoms with Crippen LogP contribution in [-0.2, 0) is 11.2 Å². The highest BCUT2D eigenvalue weighted by molar-refractivity contribution is 5.79. The Bertz CT molecular complexity index is 369. The van der Waals surface area contributed by atoms with E-state index in [2.05, 4.69) is 5.92 Å². The van der Waals surface area contributed by atoms with E-state index >= 15 is 0 Å². The van der Waals surface area contributed by atoms with Gasteiger partial charge < -0.3 is 0 Å². The third-order valence-corrected chi connectivity index (χ3v) is 1.99. The average Bonchev–Trinajstić information content (AvgIpc) is 2.08. The molecule has 0 aliphatic heterocycles. The summed E-state index contributed by atoms with van der Waals surface area (Å²) in [6, 6.07) is 5.75. The Morgan fingerprint density at radius 2 is 2.23 bits per heavy atom. The maximum absolute atomic E-state index is 11.0. The van der Waals surface area contributed by atoms with Gasteiger partial charge in [-0.2, -0.15) is 0 Å². The Morgan fingerprint density at radius 3 is 2.77 bits per heavy atom. The Labute approximate surface area is 78.8 Å². The second kappa shape index (κ2) is 3.91. The molecule has 0 N–H and O–H groups in total. The van der Waals surface area contributed by atoms with Crippen LogP contribution in [0.25, 0.3) is 0 Å². The smallest absolute Gasteiger partial charge is 0.134 e. The topological polar surface area (TPSA) is 17.1 Å². The van der Waals surface area contributed by atoms with Crippen LogP contribution in [0.2, 0.25) is 0 Å². The summed E-state index contributed by atoms with van der Waals surface area (Å²) in [5.74, 6) is 2.73. The first-order chi connectivity index (χ1) is 6.15. The molecule has 1 heteroatoms. The van der Waals surface area contributed by atoms with Crippen molar-refractivity contribution >= 4 is 5.78 Å². The molecule has 0 bridgehead atoms. The van der Waals surface area contributed by atoms with Crippen molar-refractivity contribution in [1.29, 1.82) is 0 Å². The van der Waals surface area contributed by atoms with Gasteiger partial charge in [0.25, 0.3) is 0 Å². The summed E-state index contributed by atoms with van der Waals surface area (Å²) in [5.41, 5.74) is 2.90. The zero-order valence-corrected chi connectivity index (χ0v) is 7.92. The lowest BCUT2D eigenvalue weighted by Gasteiger charge is -2.05. The second-order valence-corrected chi connectivity index (χ2v) is 3.12. The number of terminal acetylenes is 1. The number of ketones is 1. The Kier molecular flexibility index (Phi) is 2.87. The van der Waals surface area contributed by atoms with Crippen LogP contribution in [0.4, 0.5) is 0 Å². The fourth-order valence-corrected chi connectivity index (χ4v) is 1.32. The van der Waals surface area contributed by atoms with Crippen molar-refractivity contribution in [3.63, 3.8) is 0 Å². The van der Waals surface area contributed by atoms with Gasteiger partial charge in [-0.05, 0) is 31.0 Å². The van der Waals surface area contributed by atoms with Crippen LogP contribution in [0.5, 0.6) is 0 Å². The molecule has 0 saturated carbocycles. The van der Waals surface area contributed by atoms with E-state index in [0.29, 0.717) is 6.42 Å². The molecule has 0 heterocycles. The van der Waals surface area contributed by atoms with Gasteiger partial charge in [-0.15, -0.1) is 6.42 Å². The molecule has 0 spiro atoms. The number of carbonyl (C=O) groups excluding carboxylic acids is 1. The minimum atomic E-state index is 0.144. The number of Topliss-reactive ketones (excluding diaryl/α,β-unsaturated/α-hetero) is 1. The summed E-state index contributed by atoms with van der Waals surface area (Å²) >= 11 is 0. The zero-order chi connectivity index (χ0) is 9.84. The molecule has 1 rings (SSSR count). The first-order valence-corrected chi connectivity index (χ1v) is 4.19. The van der Waals surface area contributed by atoms with Crippen molar-refractivity contribution in [2.24, 2.45) is 0 Å². The molecule has 0 aromatic heterocycles. The number of aryl methyl sites for hydroxylation is 1. The summed E-state index contributed by atoms with van der Waals surface area (Å²) in [6.07, 6.45) is 5.77. The van der Waals surface area contributed by atoms with E-state index in [1.54, 1.807) is 6.92 Å². The number of hydrogen-bond acceptors (Lipinski definition) is 1. The highest BCUT2D eigenvalue weighted by Gasteiger charge is 2.05. The monoisotopic (exact) mass is 172 g/mol. The standard InChI is InChI=1S/C12H12O/c1-4-11-7-5-6-9(2)12(11)8-10(3)13/h1,5-7H,8H2,2-3H3. The van der Waals surface area contributed by atoms with E-state index in [-0.39, 0.29) is 5.78 Å². The molecule has 0 saturated heterocycles. The highest BCUT2D eigenvalue weighted by Crippen LogP contribution is 2.14. The van der Waals surface area contributed by atoms with Crippen molar-refractivity contribution in [3.05, 3.63) is 34.9 Å².